The molecular formula is C25H24N2O3. The Morgan fingerprint density at radius 1 is 1.20 bits per heavy atom. The molecule has 1 unspecified atom stereocenters. The van der Waals surface area contributed by atoms with Crippen LogP contribution in [0.2, 0.25) is 0 Å². The van der Waals surface area contributed by atoms with Crippen molar-refractivity contribution >= 4 is 28.5 Å². The molecule has 0 aliphatic carbocycles. The Balaban J connectivity index is 1.93. The van der Waals surface area contributed by atoms with Gasteiger partial charge in [-0.25, -0.2) is 4.98 Å². The van der Waals surface area contributed by atoms with Crippen LogP contribution in [-0.4, -0.2) is 30.6 Å². The van der Waals surface area contributed by atoms with E-state index in [0.29, 0.717) is 24.1 Å². The fourth-order valence-electron chi connectivity index (χ4n) is 4.02. The molecule has 3 aromatic rings. The van der Waals surface area contributed by atoms with E-state index in [1.165, 1.54) is 4.90 Å². The highest BCUT2D eigenvalue weighted by atomic mass is 16.5. The summed E-state index contributed by atoms with van der Waals surface area (Å²) in [5.41, 5.74) is 4.33. The van der Waals surface area contributed by atoms with E-state index in [9.17, 15) is 9.90 Å². The number of ether oxygens (including phenoxy) is 1. The zero-order valence-corrected chi connectivity index (χ0v) is 17.0. The van der Waals surface area contributed by atoms with Gasteiger partial charge in [-0.2, -0.15) is 0 Å². The highest BCUT2D eigenvalue weighted by molar-refractivity contribution is 6.05. The van der Waals surface area contributed by atoms with Crippen LogP contribution in [0.15, 0.2) is 61.2 Å². The third kappa shape index (κ3) is 3.72. The fourth-order valence-corrected chi connectivity index (χ4v) is 4.02. The molecule has 4 rings (SSSR count). The van der Waals surface area contributed by atoms with Crippen LogP contribution in [0, 0.1) is 0 Å². The molecule has 1 aliphatic heterocycles. The average molecular weight is 400 g/mol. The second kappa shape index (κ2) is 8.51. The summed E-state index contributed by atoms with van der Waals surface area (Å²) in [7, 11) is 0. The number of aromatic carboxylic acids is 1. The van der Waals surface area contributed by atoms with Crippen molar-refractivity contribution in [3.8, 4) is 5.75 Å². The third-order valence-corrected chi connectivity index (χ3v) is 5.47. The lowest BCUT2D eigenvalue weighted by Crippen LogP contribution is -3.11. The topological polar surface area (TPSA) is 66.7 Å². The lowest BCUT2D eigenvalue weighted by atomic mass is 9.92. The van der Waals surface area contributed by atoms with E-state index in [2.05, 4.69) is 19.6 Å². The van der Waals surface area contributed by atoms with Crippen molar-refractivity contribution in [3.05, 3.63) is 83.6 Å². The van der Waals surface area contributed by atoms with Gasteiger partial charge >= 0.3 is 0 Å². The molecule has 0 spiro atoms. The number of quaternary nitrogens is 1. The number of likely N-dealkylation sites (N-methyl/N-ethyl adjacent to an activating group) is 1. The van der Waals surface area contributed by atoms with E-state index in [0.717, 1.165) is 41.2 Å². The van der Waals surface area contributed by atoms with Gasteiger partial charge in [-0.15, -0.1) is 0 Å². The summed E-state index contributed by atoms with van der Waals surface area (Å²) in [6.45, 7) is 8.48. The number of benzene rings is 2. The van der Waals surface area contributed by atoms with Crippen LogP contribution >= 0.6 is 0 Å². The van der Waals surface area contributed by atoms with Gasteiger partial charge in [-0.3, -0.25) is 0 Å². The molecule has 1 aliphatic rings. The average Bonchev–Trinajstić information content (AvgIpc) is 2.76. The molecule has 2 aromatic carbocycles. The van der Waals surface area contributed by atoms with E-state index < -0.39 is 5.97 Å². The lowest BCUT2D eigenvalue weighted by Gasteiger charge is -2.29. The minimum atomic E-state index is -1.16. The van der Waals surface area contributed by atoms with Gasteiger partial charge < -0.3 is 19.5 Å². The number of rotatable bonds is 6. The maximum absolute atomic E-state index is 12.1. The number of nitrogens with one attached hydrogen (secondary N) is 1. The summed E-state index contributed by atoms with van der Waals surface area (Å²) in [6.07, 6.45) is 3.77. The van der Waals surface area contributed by atoms with Crippen LogP contribution < -0.4 is 14.7 Å². The number of para-hydroxylation sites is 2. The Morgan fingerprint density at radius 2 is 1.97 bits per heavy atom. The van der Waals surface area contributed by atoms with E-state index in [1.807, 2.05) is 42.5 Å². The Labute approximate surface area is 175 Å². The molecule has 1 aromatic heterocycles. The van der Waals surface area contributed by atoms with Gasteiger partial charge in [0, 0.05) is 27.6 Å². The molecule has 1 N–H and O–H groups in total. The summed E-state index contributed by atoms with van der Waals surface area (Å²) in [4.78, 5) is 18.3. The number of pyridine rings is 1. The standard InChI is InChI=1S/C25H24N2O3/c1-3-13-30-22-12-8-5-9-17(22)14-18-15-27(4-2)16-20-23(25(28)29)19-10-6-7-11-21(19)26-24(18)20/h3,5-12,14H,1,4,13,15-16H2,2H3,(H,28,29)/b18-14+. The quantitative estimate of drug-likeness (QED) is 0.644. The van der Waals surface area contributed by atoms with Crippen LogP contribution in [-0.2, 0) is 6.54 Å². The van der Waals surface area contributed by atoms with Crippen LogP contribution in [0.4, 0.5) is 0 Å². The number of carbonyl (C=O) groups is 1. The Bertz CT molecular complexity index is 1150. The van der Waals surface area contributed by atoms with E-state index in [1.54, 1.807) is 12.1 Å². The largest absolute Gasteiger partial charge is 0.545 e. The fraction of sp³-hybridized carbons (Fsp3) is 0.200. The van der Waals surface area contributed by atoms with Crippen LogP contribution in [0.5, 0.6) is 5.75 Å². The smallest absolute Gasteiger partial charge is 0.127 e. The van der Waals surface area contributed by atoms with Gasteiger partial charge in [-0.1, -0.05) is 49.1 Å². The van der Waals surface area contributed by atoms with E-state index >= 15 is 0 Å². The number of hydrogen-bond donors (Lipinski definition) is 1. The van der Waals surface area contributed by atoms with Gasteiger partial charge in [0.2, 0.25) is 0 Å². The molecule has 0 amide bonds. The monoisotopic (exact) mass is 400 g/mol. The van der Waals surface area contributed by atoms with E-state index in [-0.39, 0.29) is 5.56 Å². The van der Waals surface area contributed by atoms with Crippen molar-refractivity contribution in [3.63, 3.8) is 0 Å². The number of nitrogens with zero attached hydrogens (tertiary/aromatic N) is 1. The summed E-state index contributed by atoms with van der Waals surface area (Å²) >= 11 is 0. The molecule has 30 heavy (non-hydrogen) atoms. The summed E-state index contributed by atoms with van der Waals surface area (Å²) in [5, 5.41) is 12.7. The van der Waals surface area contributed by atoms with Crippen LogP contribution in [0.3, 0.4) is 0 Å². The van der Waals surface area contributed by atoms with Crippen LogP contribution in [0.25, 0.3) is 22.6 Å². The normalized spacial score (nSPS) is 17.0. The number of fused-ring (bicyclic) bond motifs is 2. The predicted octanol–water partition coefficient (Wildman–Crippen LogP) is 2.12. The number of carboxylic acid groups (broad SMARTS) is 1. The first kappa shape index (κ1) is 19.9. The van der Waals surface area contributed by atoms with Gasteiger partial charge in [0.25, 0.3) is 0 Å². The van der Waals surface area contributed by atoms with Gasteiger partial charge in [0.1, 0.15) is 25.4 Å². The Morgan fingerprint density at radius 3 is 2.73 bits per heavy atom. The highest BCUT2D eigenvalue weighted by Crippen LogP contribution is 2.31. The Hall–Kier alpha value is -3.44. The van der Waals surface area contributed by atoms with Crippen molar-refractivity contribution in [2.75, 3.05) is 19.7 Å². The van der Waals surface area contributed by atoms with Crippen molar-refractivity contribution in [2.24, 2.45) is 0 Å². The van der Waals surface area contributed by atoms with Crippen molar-refractivity contribution in [2.45, 2.75) is 13.5 Å². The highest BCUT2D eigenvalue weighted by Gasteiger charge is 2.28. The molecular weight excluding hydrogens is 376 g/mol. The van der Waals surface area contributed by atoms with Crippen LogP contribution in [0.1, 0.15) is 34.1 Å². The first-order valence-electron chi connectivity index (χ1n) is 10.1. The molecule has 1 atom stereocenters. The minimum Gasteiger partial charge on any atom is -0.545 e. The summed E-state index contributed by atoms with van der Waals surface area (Å²) in [5.74, 6) is -0.396. The first-order chi connectivity index (χ1) is 14.6. The van der Waals surface area contributed by atoms with Crippen molar-refractivity contribution < 1.29 is 19.5 Å². The zero-order valence-electron chi connectivity index (χ0n) is 17.0. The predicted molar refractivity (Wildman–Crippen MR) is 116 cm³/mol. The first-order valence-corrected chi connectivity index (χ1v) is 10.1. The molecule has 152 valence electrons. The summed E-state index contributed by atoms with van der Waals surface area (Å²) in [6, 6.07) is 15.2. The van der Waals surface area contributed by atoms with Gasteiger partial charge in [0.15, 0.2) is 0 Å². The molecule has 0 fully saturated rings. The molecule has 0 saturated heterocycles. The molecule has 5 heteroatoms. The molecule has 2 heterocycles. The molecule has 0 saturated carbocycles. The maximum atomic E-state index is 12.1. The van der Waals surface area contributed by atoms with Gasteiger partial charge in [0.05, 0.1) is 23.7 Å². The molecule has 0 bridgehead atoms. The van der Waals surface area contributed by atoms with E-state index in [4.69, 9.17) is 9.72 Å². The molecule has 5 nitrogen and oxygen atoms in total. The number of aromatic nitrogens is 1. The SMILES string of the molecule is C=CCOc1ccccc1/C=C1\C[NH+](CC)Cc2c1nc1ccccc1c2C(=O)[O-]. The minimum absolute atomic E-state index is 0.253. The summed E-state index contributed by atoms with van der Waals surface area (Å²) < 4.78 is 5.81. The van der Waals surface area contributed by atoms with Crippen molar-refractivity contribution in [1.29, 1.82) is 0 Å². The molecule has 0 radical (unpaired) electrons. The number of carboxylic acids is 1. The number of hydrogen-bond acceptors (Lipinski definition) is 4. The Kier molecular flexibility index (Phi) is 5.63. The lowest BCUT2D eigenvalue weighted by molar-refractivity contribution is -0.905. The second-order valence-corrected chi connectivity index (χ2v) is 7.38. The third-order valence-electron chi connectivity index (χ3n) is 5.47. The zero-order chi connectivity index (χ0) is 21.1. The maximum Gasteiger partial charge on any atom is 0.127 e. The second-order valence-electron chi connectivity index (χ2n) is 7.38. The number of carbonyl (C=O) groups excluding carboxylic acids is 1. The van der Waals surface area contributed by atoms with Crippen molar-refractivity contribution in [1.82, 2.24) is 4.98 Å². The van der Waals surface area contributed by atoms with Gasteiger partial charge in [-0.05, 0) is 25.1 Å².